The number of nitrogens with zero attached hydrogens (tertiary/aromatic N) is 1. The number of terminal acetylenes is 1. The third kappa shape index (κ3) is 3.04. The van der Waals surface area contributed by atoms with Crippen LogP contribution in [0.15, 0.2) is 0 Å². The highest BCUT2D eigenvalue weighted by molar-refractivity contribution is 4.90. The molecule has 1 rings (SSSR count). The van der Waals surface area contributed by atoms with Gasteiger partial charge in [-0.1, -0.05) is 19.3 Å². The van der Waals surface area contributed by atoms with Crippen LogP contribution >= 0.6 is 0 Å². The van der Waals surface area contributed by atoms with Gasteiger partial charge in [-0.05, 0) is 38.6 Å². The lowest BCUT2D eigenvalue weighted by Gasteiger charge is -2.33. The van der Waals surface area contributed by atoms with E-state index in [-0.39, 0.29) is 0 Å². The Balaban J connectivity index is 2.28. The van der Waals surface area contributed by atoms with E-state index in [2.05, 4.69) is 24.8 Å². The zero-order valence-corrected chi connectivity index (χ0v) is 8.92. The maximum Gasteiger partial charge on any atom is 0.0598 e. The van der Waals surface area contributed by atoms with Crippen LogP contribution in [0.25, 0.3) is 0 Å². The van der Waals surface area contributed by atoms with Crippen molar-refractivity contribution in [1.82, 2.24) is 4.90 Å². The van der Waals surface area contributed by atoms with Crippen molar-refractivity contribution < 1.29 is 0 Å². The smallest absolute Gasteiger partial charge is 0.0598 e. The zero-order chi connectivity index (χ0) is 9.68. The van der Waals surface area contributed by atoms with Crippen LogP contribution < -0.4 is 0 Å². The molecule has 1 saturated carbocycles. The van der Waals surface area contributed by atoms with Crippen LogP contribution in [0.2, 0.25) is 0 Å². The van der Waals surface area contributed by atoms with Crippen molar-refractivity contribution in [2.45, 2.75) is 45.1 Å². The molecule has 1 fully saturated rings. The van der Waals surface area contributed by atoms with Crippen molar-refractivity contribution in [2.75, 3.05) is 13.6 Å². The van der Waals surface area contributed by atoms with Gasteiger partial charge in [0.25, 0.3) is 0 Å². The van der Waals surface area contributed by atoms with E-state index in [0.717, 1.165) is 18.5 Å². The Morgan fingerprint density at radius 1 is 1.31 bits per heavy atom. The third-order valence-corrected chi connectivity index (χ3v) is 3.36. The standard InChI is InChI=1S/C12H21N/c1-4-10-13(3)12-8-6-11(5-2)7-9-12/h1,11-12H,5-10H2,2-3H3. The van der Waals surface area contributed by atoms with E-state index >= 15 is 0 Å². The van der Waals surface area contributed by atoms with E-state index in [1.807, 2.05) is 0 Å². The van der Waals surface area contributed by atoms with Gasteiger partial charge in [-0.25, -0.2) is 0 Å². The summed E-state index contributed by atoms with van der Waals surface area (Å²) >= 11 is 0. The molecule has 0 spiro atoms. The number of hydrogen-bond donors (Lipinski definition) is 0. The monoisotopic (exact) mass is 179 g/mol. The van der Waals surface area contributed by atoms with Crippen LogP contribution in [0.5, 0.6) is 0 Å². The molecule has 0 heterocycles. The molecule has 1 aliphatic carbocycles. The normalized spacial score (nSPS) is 28.8. The summed E-state index contributed by atoms with van der Waals surface area (Å²) in [6, 6.07) is 0.749. The number of hydrogen-bond acceptors (Lipinski definition) is 1. The molecule has 0 saturated heterocycles. The van der Waals surface area contributed by atoms with E-state index in [0.29, 0.717) is 0 Å². The molecule has 74 valence electrons. The molecule has 0 atom stereocenters. The third-order valence-electron chi connectivity index (χ3n) is 3.36. The molecule has 0 aliphatic heterocycles. The summed E-state index contributed by atoms with van der Waals surface area (Å²) in [4.78, 5) is 2.33. The molecule has 0 unspecified atom stereocenters. The van der Waals surface area contributed by atoms with Crippen molar-refractivity contribution in [1.29, 1.82) is 0 Å². The second-order valence-corrected chi connectivity index (χ2v) is 4.20. The van der Waals surface area contributed by atoms with Crippen LogP contribution in [-0.2, 0) is 0 Å². The molecular formula is C12H21N. The lowest BCUT2D eigenvalue weighted by atomic mass is 9.84. The Kier molecular flexibility index (Phi) is 4.32. The second-order valence-electron chi connectivity index (χ2n) is 4.20. The van der Waals surface area contributed by atoms with Crippen LogP contribution in [0, 0.1) is 18.3 Å². The summed E-state index contributed by atoms with van der Waals surface area (Å²) in [6.07, 6.45) is 12.1. The first-order valence-electron chi connectivity index (χ1n) is 5.41. The first-order chi connectivity index (χ1) is 6.27. The quantitative estimate of drug-likeness (QED) is 0.602. The summed E-state index contributed by atoms with van der Waals surface area (Å²) in [7, 11) is 2.15. The summed E-state index contributed by atoms with van der Waals surface area (Å²) < 4.78 is 0. The minimum atomic E-state index is 0.749. The van der Waals surface area contributed by atoms with Gasteiger partial charge in [0.1, 0.15) is 0 Å². The maximum atomic E-state index is 5.30. The van der Waals surface area contributed by atoms with Crippen LogP contribution in [0.4, 0.5) is 0 Å². The molecule has 0 aromatic heterocycles. The molecule has 0 aromatic carbocycles. The van der Waals surface area contributed by atoms with Gasteiger partial charge in [0.2, 0.25) is 0 Å². The van der Waals surface area contributed by atoms with Crippen LogP contribution in [0.1, 0.15) is 39.0 Å². The predicted molar refractivity (Wildman–Crippen MR) is 57.5 cm³/mol. The SMILES string of the molecule is C#CCN(C)C1CCC(CC)CC1. The Labute approximate surface area is 82.5 Å². The Morgan fingerprint density at radius 3 is 2.38 bits per heavy atom. The largest absolute Gasteiger partial charge is 0.292 e. The Morgan fingerprint density at radius 2 is 1.92 bits per heavy atom. The zero-order valence-electron chi connectivity index (χ0n) is 8.92. The van der Waals surface area contributed by atoms with E-state index < -0.39 is 0 Å². The molecule has 0 N–H and O–H groups in total. The lowest BCUT2D eigenvalue weighted by Crippen LogP contribution is -2.35. The fourth-order valence-corrected chi connectivity index (χ4v) is 2.27. The van der Waals surface area contributed by atoms with Crippen LogP contribution in [-0.4, -0.2) is 24.5 Å². The van der Waals surface area contributed by atoms with E-state index in [9.17, 15) is 0 Å². The first kappa shape index (κ1) is 10.6. The van der Waals surface area contributed by atoms with Gasteiger partial charge in [-0.2, -0.15) is 0 Å². The molecule has 0 amide bonds. The predicted octanol–water partition coefficient (Wildman–Crippen LogP) is 2.52. The molecule has 1 nitrogen and oxygen atoms in total. The highest BCUT2D eigenvalue weighted by Gasteiger charge is 2.22. The van der Waals surface area contributed by atoms with Gasteiger partial charge >= 0.3 is 0 Å². The average Bonchev–Trinajstić information content (AvgIpc) is 2.18. The fourth-order valence-electron chi connectivity index (χ4n) is 2.27. The van der Waals surface area contributed by atoms with Gasteiger partial charge in [-0.3, -0.25) is 4.90 Å². The second kappa shape index (κ2) is 5.29. The molecule has 0 bridgehead atoms. The molecule has 0 aromatic rings. The van der Waals surface area contributed by atoms with Gasteiger partial charge in [-0.15, -0.1) is 6.42 Å². The minimum Gasteiger partial charge on any atom is -0.292 e. The average molecular weight is 179 g/mol. The summed E-state index contributed by atoms with van der Waals surface area (Å²) in [5, 5.41) is 0. The van der Waals surface area contributed by atoms with Crippen molar-refractivity contribution in [3.63, 3.8) is 0 Å². The lowest BCUT2D eigenvalue weighted by molar-refractivity contribution is 0.179. The van der Waals surface area contributed by atoms with Crippen molar-refractivity contribution in [2.24, 2.45) is 5.92 Å². The minimum absolute atomic E-state index is 0.749. The van der Waals surface area contributed by atoms with Crippen molar-refractivity contribution in [3.8, 4) is 12.3 Å². The molecule has 1 aliphatic rings. The molecule has 13 heavy (non-hydrogen) atoms. The van der Waals surface area contributed by atoms with E-state index in [1.165, 1.54) is 32.1 Å². The summed E-state index contributed by atoms with van der Waals surface area (Å²) in [5.41, 5.74) is 0. The molecule has 1 heteroatoms. The first-order valence-corrected chi connectivity index (χ1v) is 5.41. The van der Waals surface area contributed by atoms with E-state index in [4.69, 9.17) is 6.42 Å². The fraction of sp³-hybridized carbons (Fsp3) is 0.833. The summed E-state index contributed by atoms with van der Waals surface area (Å²) in [6.45, 7) is 3.11. The van der Waals surface area contributed by atoms with E-state index in [1.54, 1.807) is 0 Å². The molecule has 0 radical (unpaired) electrons. The highest BCUT2D eigenvalue weighted by Crippen LogP contribution is 2.28. The van der Waals surface area contributed by atoms with Gasteiger partial charge in [0.05, 0.1) is 6.54 Å². The Hall–Kier alpha value is -0.480. The van der Waals surface area contributed by atoms with Crippen molar-refractivity contribution >= 4 is 0 Å². The molecular weight excluding hydrogens is 158 g/mol. The highest BCUT2D eigenvalue weighted by atomic mass is 15.1. The van der Waals surface area contributed by atoms with Gasteiger partial charge in [0.15, 0.2) is 0 Å². The van der Waals surface area contributed by atoms with Gasteiger partial charge < -0.3 is 0 Å². The van der Waals surface area contributed by atoms with Crippen LogP contribution in [0.3, 0.4) is 0 Å². The van der Waals surface area contributed by atoms with Gasteiger partial charge in [0, 0.05) is 6.04 Å². The van der Waals surface area contributed by atoms with Crippen molar-refractivity contribution in [3.05, 3.63) is 0 Å². The topological polar surface area (TPSA) is 3.24 Å². The summed E-state index contributed by atoms with van der Waals surface area (Å²) in [5.74, 6) is 3.70. The number of rotatable bonds is 3. The maximum absolute atomic E-state index is 5.30. The Bertz CT molecular complexity index is 172.